The number of ketones is 1. The van der Waals surface area contributed by atoms with E-state index in [-0.39, 0.29) is 12.4 Å². The summed E-state index contributed by atoms with van der Waals surface area (Å²) in [7, 11) is 0. The SMILES string of the molecule is C=CC[C@]1(C(=O)OCc2ccccc2)CCCC1=O. The van der Waals surface area contributed by atoms with Gasteiger partial charge >= 0.3 is 5.97 Å². The van der Waals surface area contributed by atoms with Crippen LogP contribution in [-0.2, 0) is 20.9 Å². The monoisotopic (exact) mass is 258 g/mol. The van der Waals surface area contributed by atoms with E-state index in [0.717, 1.165) is 12.0 Å². The van der Waals surface area contributed by atoms with Crippen LogP contribution in [0.15, 0.2) is 43.0 Å². The number of hydrogen-bond acceptors (Lipinski definition) is 3. The smallest absolute Gasteiger partial charge is 0.320 e. The van der Waals surface area contributed by atoms with Gasteiger partial charge in [-0.05, 0) is 24.8 Å². The largest absolute Gasteiger partial charge is 0.460 e. The summed E-state index contributed by atoms with van der Waals surface area (Å²) in [5, 5.41) is 0. The maximum absolute atomic E-state index is 12.3. The second-order valence-corrected chi connectivity index (χ2v) is 4.91. The fourth-order valence-electron chi connectivity index (χ4n) is 2.55. The topological polar surface area (TPSA) is 43.4 Å². The average Bonchev–Trinajstić information content (AvgIpc) is 2.80. The lowest BCUT2D eigenvalue weighted by Gasteiger charge is -2.23. The molecule has 1 aliphatic rings. The Bertz CT molecular complexity index is 478. The van der Waals surface area contributed by atoms with Crippen molar-refractivity contribution in [2.24, 2.45) is 5.41 Å². The number of benzene rings is 1. The van der Waals surface area contributed by atoms with E-state index >= 15 is 0 Å². The van der Waals surface area contributed by atoms with Crippen molar-refractivity contribution >= 4 is 11.8 Å². The molecule has 1 aliphatic carbocycles. The zero-order valence-corrected chi connectivity index (χ0v) is 10.9. The zero-order valence-electron chi connectivity index (χ0n) is 10.9. The van der Waals surface area contributed by atoms with Crippen molar-refractivity contribution in [2.75, 3.05) is 0 Å². The van der Waals surface area contributed by atoms with Crippen LogP contribution in [0.2, 0.25) is 0 Å². The van der Waals surface area contributed by atoms with Crippen LogP contribution in [0.5, 0.6) is 0 Å². The lowest BCUT2D eigenvalue weighted by atomic mass is 9.82. The van der Waals surface area contributed by atoms with Crippen LogP contribution >= 0.6 is 0 Å². The number of hydrogen-bond donors (Lipinski definition) is 0. The summed E-state index contributed by atoms with van der Waals surface area (Å²) in [6.45, 7) is 3.86. The maximum Gasteiger partial charge on any atom is 0.320 e. The minimum absolute atomic E-state index is 0.00883. The quantitative estimate of drug-likeness (QED) is 0.463. The Kier molecular flexibility index (Phi) is 4.15. The van der Waals surface area contributed by atoms with Crippen molar-refractivity contribution in [3.05, 3.63) is 48.6 Å². The van der Waals surface area contributed by atoms with Crippen molar-refractivity contribution < 1.29 is 14.3 Å². The van der Waals surface area contributed by atoms with E-state index in [0.29, 0.717) is 19.3 Å². The van der Waals surface area contributed by atoms with Crippen LogP contribution in [-0.4, -0.2) is 11.8 Å². The first-order chi connectivity index (χ1) is 9.19. The number of allylic oxidation sites excluding steroid dienone is 1. The van der Waals surface area contributed by atoms with Crippen molar-refractivity contribution in [3.63, 3.8) is 0 Å². The summed E-state index contributed by atoms with van der Waals surface area (Å²) in [5.74, 6) is -0.413. The molecule has 0 bridgehead atoms. The molecule has 0 N–H and O–H groups in total. The Hall–Kier alpha value is -1.90. The van der Waals surface area contributed by atoms with Gasteiger partial charge in [-0.15, -0.1) is 6.58 Å². The van der Waals surface area contributed by atoms with Crippen molar-refractivity contribution in [1.82, 2.24) is 0 Å². The molecule has 19 heavy (non-hydrogen) atoms. The second-order valence-electron chi connectivity index (χ2n) is 4.91. The lowest BCUT2D eigenvalue weighted by Crippen LogP contribution is -2.36. The van der Waals surface area contributed by atoms with E-state index in [1.54, 1.807) is 6.08 Å². The summed E-state index contributed by atoms with van der Waals surface area (Å²) in [6, 6.07) is 9.48. The van der Waals surface area contributed by atoms with Crippen LogP contribution in [0.4, 0.5) is 0 Å². The third-order valence-corrected chi connectivity index (χ3v) is 3.64. The normalized spacial score (nSPS) is 22.2. The molecule has 0 spiro atoms. The van der Waals surface area contributed by atoms with Gasteiger partial charge in [-0.3, -0.25) is 9.59 Å². The van der Waals surface area contributed by atoms with E-state index in [4.69, 9.17) is 4.74 Å². The van der Waals surface area contributed by atoms with E-state index in [1.807, 2.05) is 30.3 Å². The van der Waals surface area contributed by atoms with Gasteiger partial charge in [-0.25, -0.2) is 0 Å². The molecule has 1 aromatic carbocycles. The van der Waals surface area contributed by atoms with Gasteiger partial charge in [-0.2, -0.15) is 0 Å². The Morgan fingerprint density at radius 1 is 1.37 bits per heavy atom. The molecule has 0 amide bonds. The molecule has 2 rings (SSSR count). The van der Waals surface area contributed by atoms with Crippen molar-refractivity contribution in [1.29, 1.82) is 0 Å². The number of Topliss-reactive ketones (excluding diaryl/α,β-unsaturated/α-hetero) is 1. The third kappa shape index (κ3) is 2.75. The van der Waals surface area contributed by atoms with E-state index in [2.05, 4.69) is 6.58 Å². The minimum Gasteiger partial charge on any atom is -0.460 e. The fraction of sp³-hybridized carbons (Fsp3) is 0.375. The number of carbonyl (C=O) groups excluding carboxylic acids is 2. The highest BCUT2D eigenvalue weighted by Gasteiger charge is 2.48. The summed E-state index contributed by atoms with van der Waals surface area (Å²) in [4.78, 5) is 24.2. The average molecular weight is 258 g/mol. The molecule has 3 nitrogen and oxygen atoms in total. The molecule has 1 saturated carbocycles. The van der Waals surface area contributed by atoms with Gasteiger partial charge in [0.15, 0.2) is 5.78 Å². The molecule has 1 aromatic rings. The van der Waals surface area contributed by atoms with Gasteiger partial charge in [0.1, 0.15) is 12.0 Å². The number of esters is 1. The van der Waals surface area contributed by atoms with Crippen LogP contribution < -0.4 is 0 Å². The Morgan fingerprint density at radius 3 is 2.68 bits per heavy atom. The second kappa shape index (κ2) is 5.83. The summed E-state index contributed by atoms with van der Waals surface area (Å²) < 4.78 is 5.33. The first kappa shape index (κ1) is 13.5. The molecule has 1 fully saturated rings. The van der Waals surface area contributed by atoms with Crippen LogP contribution in [0.25, 0.3) is 0 Å². The molecule has 3 heteroatoms. The van der Waals surface area contributed by atoms with Gasteiger partial charge in [-0.1, -0.05) is 36.4 Å². The zero-order chi connectivity index (χ0) is 13.7. The Balaban J connectivity index is 2.05. The molecule has 0 aliphatic heterocycles. The molecule has 0 saturated heterocycles. The van der Waals surface area contributed by atoms with Crippen molar-refractivity contribution in [3.8, 4) is 0 Å². The first-order valence-electron chi connectivity index (χ1n) is 6.54. The van der Waals surface area contributed by atoms with E-state index in [9.17, 15) is 9.59 Å². The predicted molar refractivity (Wildman–Crippen MR) is 72.3 cm³/mol. The standard InChI is InChI=1S/C16H18O3/c1-2-10-16(11-6-9-14(16)17)15(18)19-12-13-7-4-3-5-8-13/h2-5,7-8H,1,6,9-12H2/t16-/m0/s1. The molecule has 0 heterocycles. The van der Waals surface area contributed by atoms with Gasteiger partial charge in [0.25, 0.3) is 0 Å². The molecular weight excluding hydrogens is 240 g/mol. The third-order valence-electron chi connectivity index (χ3n) is 3.64. The highest BCUT2D eigenvalue weighted by atomic mass is 16.5. The lowest BCUT2D eigenvalue weighted by molar-refractivity contribution is -0.160. The molecule has 1 atom stereocenters. The highest BCUT2D eigenvalue weighted by Crippen LogP contribution is 2.39. The number of carbonyl (C=O) groups is 2. The first-order valence-corrected chi connectivity index (χ1v) is 6.54. The fourth-order valence-corrected chi connectivity index (χ4v) is 2.55. The highest BCUT2D eigenvalue weighted by molar-refractivity contribution is 6.05. The molecule has 0 radical (unpaired) electrons. The van der Waals surface area contributed by atoms with Gasteiger partial charge in [0.2, 0.25) is 0 Å². The van der Waals surface area contributed by atoms with Crippen molar-refractivity contribution in [2.45, 2.75) is 32.3 Å². The van der Waals surface area contributed by atoms with E-state index < -0.39 is 11.4 Å². The maximum atomic E-state index is 12.3. The Labute approximate surface area is 113 Å². The molecular formula is C16H18O3. The van der Waals surface area contributed by atoms with Gasteiger partial charge in [0, 0.05) is 6.42 Å². The van der Waals surface area contributed by atoms with Crippen LogP contribution in [0.3, 0.4) is 0 Å². The summed E-state index contributed by atoms with van der Waals surface area (Å²) in [6.07, 6.45) is 3.80. The van der Waals surface area contributed by atoms with Crippen LogP contribution in [0.1, 0.15) is 31.2 Å². The Morgan fingerprint density at radius 2 is 2.11 bits per heavy atom. The predicted octanol–water partition coefficient (Wildman–Crippen LogP) is 3.05. The summed E-state index contributed by atoms with van der Waals surface area (Å²) in [5.41, 5.74) is -0.0497. The summed E-state index contributed by atoms with van der Waals surface area (Å²) >= 11 is 0. The van der Waals surface area contributed by atoms with E-state index in [1.165, 1.54) is 0 Å². The van der Waals surface area contributed by atoms with Crippen LogP contribution in [0, 0.1) is 5.41 Å². The van der Waals surface area contributed by atoms with Gasteiger partial charge < -0.3 is 4.74 Å². The van der Waals surface area contributed by atoms with Gasteiger partial charge in [0.05, 0.1) is 0 Å². The molecule has 100 valence electrons. The molecule has 0 unspecified atom stereocenters. The molecule has 0 aromatic heterocycles. The number of ether oxygens (including phenoxy) is 1. The number of rotatable bonds is 5. The minimum atomic E-state index is -0.976.